The van der Waals surface area contributed by atoms with Crippen LogP contribution in [0.3, 0.4) is 0 Å². The molecule has 3 amide bonds. The lowest BCUT2D eigenvalue weighted by atomic mass is 10.1. The first-order valence-electron chi connectivity index (χ1n) is 11.4. The van der Waals surface area contributed by atoms with Crippen LogP contribution in [0.15, 0.2) is 66.9 Å². The first kappa shape index (κ1) is 26.7. The zero-order chi connectivity index (χ0) is 26.5. The number of amides is 3. The molecule has 1 aromatic heterocycles. The van der Waals surface area contributed by atoms with Gasteiger partial charge in [0.25, 0.3) is 5.91 Å². The van der Waals surface area contributed by atoms with E-state index in [-0.39, 0.29) is 19.8 Å². The van der Waals surface area contributed by atoms with Gasteiger partial charge in [0.05, 0.1) is 30.4 Å². The number of pyridine rings is 1. The maximum atomic E-state index is 12.7. The highest BCUT2D eigenvalue weighted by Gasteiger charge is 2.12. The van der Waals surface area contributed by atoms with Crippen LogP contribution in [0.2, 0.25) is 0 Å². The number of hydrogen-bond acceptors (Lipinski definition) is 8. The number of urea groups is 1. The van der Waals surface area contributed by atoms with Crippen LogP contribution >= 0.6 is 0 Å². The van der Waals surface area contributed by atoms with Gasteiger partial charge in [-0.25, -0.2) is 15.3 Å². The van der Waals surface area contributed by atoms with Crippen molar-refractivity contribution in [1.29, 1.82) is 5.26 Å². The predicted molar refractivity (Wildman–Crippen MR) is 135 cm³/mol. The fourth-order valence-electron chi connectivity index (χ4n) is 3.13. The van der Waals surface area contributed by atoms with Crippen molar-refractivity contribution >= 4 is 29.4 Å². The molecule has 11 heteroatoms. The van der Waals surface area contributed by atoms with E-state index in [1.807, 2.05) is 6.07 Å². The smallest absolute Gasteiger partial charge is 0.325 e. The molecular weight excluding hydrogens is 476 g/mol. The van der Waals surface area contributed by atoms with Gasteiger partial charge in [0.1, 0.15) is 12.4 Å². The molecule has 4 N–H and O–H groups in total. The van der Waals surface area contributed by atoms with Crippen LogP contribution in [-0.2, 0) is 27.5 Å². The Morgan fingerprint density at radius 3 is 2.57 bits per heavy atom. The highest BCUT2D eigenvalue weighted by Crippen LogP contribution is 2.17. The number of carbonyl (C=O) groups is 3. The Morgan fingerprint density at radius 2 is 1.81 bits per heavy atom. The van der Waals surface area contributed by atoms with Gasteiger partial charge in [-0.05, 0) is 54.4 Å². The Labute approximate surface area is 213 Å². The molecule has 3 aromatic rings. The number of hydrogen-bond donors (Lipinski definition) is 4. The Kier molecular flexibility index (Phi) is 9.95. The Bertz CT molecular complexity index is 1270. The third-order valence-corrected chi connectivity index (χ3v) is 4.91. The van der Waals surface area contributed by atoms with E-state index in [0.29, 0.717) is 29.2 Å². The average molecular weight is 503 g/mol. The number of nitriles is 1. The van der Waals surface area contributed by atoms with E-state index in [9.17, 15) is 14.4 Å². The molecule has 0 spiro atoms. The lowest BCUT2D eigenvalue weighted by molar-refractivity contribution is -0.141. The summed E-state index contributed by atoms with van der Waals surface area (Å²) in [6, 6.07) is 18.7. The maximum Gasteiger partial charge on any atom is 0.325 e. The van der Waals surface area contributed by atoms with Crippen LogP contribution in [0, 0.1) is 11.3 Å². The number of carbonyl (C=O) groups excluding carboxylic acids is 3. The first-order chi connectivity index (χ1) is 18.0. The highest BCUT2D eigenvalue weighted by atomic mass is 16.6. The molecule has 0 aliphatic carbocycles. The third kappa shape index (κ3) is 8.65. The summed E-state index contributed by atoms with van der Waals surface area (Å²) < 4.78 is 4.76. The monoisotopic (exact) mass is 502 g/mol. The van der Waals surface area contributed by atoms with Gasteiger partial charge in [-0.15, -0.1) is 0 Å². The number of rotatable bonds is 11. The molecule has 0 saturated heterocycles. The van der Waals surface area contributed by atoms with E-state index < -0.39 is 17.9 Å². The normalized spacial score (nSPS) is 10.1. The van der Waals surface area contributed by atoms with Crippen molar-refractivity contribution in [2.75, 3.05) is 23.8 Å². The lowest BCUT2D eigenvalue weighted by Gasteiger charge is -2.13. The van der Waals surface area contributed by atoms with Gasteiger partial charge in [-0.2, -0.15) is 5.26 Å². The summed E-state index contributed by atoms with van der Waals surface area (Å²) in [5, 5.41) is 17.0. The summed E-state index contributed by atoms with van der Waals surface area (Å²) >= 11 is 0. The molecule has 1 heterocycles. The molecule has 0 saturated carbocycles. The second-order valence-electron chi connectivity index (χ2n) is 7.59. The predicted octanol–water partition coefficient (Wildman–Crippen LogP) is 3.11. The van der Waals surface area contributed by atoms with Gasteiger partial charge in [0, 0.05) is 18.4 Å². The van der Waals surface area contributed by atoms with Crippen LogP contribution in [0.5, 0.6) is 0 Å². The number of nitrogens with one attached hydrogen (secondary N) is 4. The van der Waals surface area contributed by atoms with Crippen LogP contribution in [0.1, 0.15) is 34.0 Å². The van der Waals surface area contributed by atoms with Crippen molar-refractivity contribution in [2.24, 2.45) is 0 Å². The summed E-state index contributed by atoms with van der Waals surface area (Å²) in [6.45, 7) is 2.15. The number of ether oxygens (including phenoxy) is 1. The molecule has 0 fully saturated rings. The number of aromatic nitrogens is 1. The van der Waals surface area contributed by atoms with Crippen molar-refractivity contribution in [3.05, 3.63) is 89.1 Å². The molecular formula is C26H26N6O5. The maximum absolute atomic E-state index is 12.7. The molecule has 190 valence electrons. The number of esters is 1. The fourth-order valence-corrected chi connectivity index (χ4v) is 3.13. The standard InChI is InChI=1S/C26H26N6O5/c1-2-36-24(33)16-30-26(35)31-23-13-20(11-12-28-23)15-29-22-6-4-3-5-21(22)25(34)32-37-17-19-9-7-18(14-27)8-10-19/h3-13,29H,2,15-17H2,1H3,(H,32,34)(H2,28,30,31,35). The number of benzene rings is 2. The zero-order valence-corrected chi connectivity index (χ0v) is 20.1. The third-order valence-electron chi connectivity index (χ3n) is 4.91. The Hall–Kier alpha value is -4.95. The molecule has 0 aliphatic rings. The molecule has 0 radical (unpaired) electrons. The molecule has 0 unspecified atom stereocenters. The van der Waals surface area contributed by atoms with E-state index in [0.717, 1.165) is 11.1 Å². The van der Waals surface area contributed by atoms with Gasteiger partial charge < -0.3 is 15.4 Å². The van der Waals surface area contributed by atoms with E-state index in [1.165, 1.54) is 6.20 Å². The lowest BCUT2D eigenvalue weighted by Crippen LogP contribution is -2.34. The molecule has 0 aliphatic heterocycles. The fraction of sp³-hybridized carbons (Fsp3) is 0.192. The molecule has 0 atom stereocenters. The number of hydroxylamine groups is 1. The van der Waals surface area contributed by atoms with Gasteiger partial charge >= 0.3 is 12.0 Å². The second kappa shape index (κ2) is 13.8. The quantitative estimate of drug-likeness (QED) is 0.230. The Morgan fingerprint density at radius 1 is 1.03 bits per heavy atom. The Balaban J connectivity index is 1.52. The number of nitrogens with zero attached hydrogens (tertiary/aromatic N) is 2. The highest BCUT2D eigenvalue weighted by molar-refractivity contribution is 5.99. The van der Waals surface area contributed by atoms with E-state index >= 15 is 0 Å². The van der Waals surface area contributed by atoms with Crippen molar-refractivity contribution in [2.45, 2.75) is 20.1 Å². The SMILES string of the molecule is CCOC(=O)CNC(=O)Nc1cc(CNc2ccccc2C(=O)NOCc2ccc(C#N)cc2)ccn1. The van der Waals surface area contributed by atoms with Gasteiger partial charge in [0.2, 0.25) is 0 Å². The first-order valence-corrected chi connectivity index (χ1v) is 11.4. The van der Waals surface area contributed by atoms with Crippen molar-refractivity contribution in [1.82, 2.24) is 15.8 Å². The van der Waals surface area contributed by atoms with Gasteiger partial charge in [0.15, 0.2) is 0 Å². The summed E-state index contributed by atoms with van der Waals surface area (Å²) in [5.41, 5.74) is 5.54. The van der Waals surface area contributed by atoms with Gasteiger partial charge in [-0.1, -0.05) is 24.3 Å². The zero-order valence-electron chi connectivity index (χ0n) is 20.1. The second-order valence-corrected chi connectivity index (χ2v) is 7.59. The summed E-state index contributed by atoms with van der Waals surface area (Å²) in [7, 11) is 0. The largest absolute Gasteiger partial charge is 0.465 e. The number of anilines is 2. The van der Waals surface area contributed by atoms with Crippen LogP contribution in [-0.4, -0.2) is 36.0 Å². The summed E-state index contributed by atoms with van der Waals surface area (Å²) in [4.78, 5) is 45.5. The summed E-state index contributed by atoms with van der Waals surface area (Å²) in [5.74, 6) is -0.666. The van der Waals surface area contributed by atoms with Gasteiger partial charge in [-0.3, -0.25) is 19.7 Å². The molecule has 11 nitrogen and oxygen atoms in total. The van der Waals surface area contributed by atoms with E-state index in [2.05, 4.69) is 26.4 Å². The van der Waals surface area contributed by atoms with Crippen LogP contribution in [0.25, 0.3) is 0 Å². The van der Waals surface area contributed by atoms with Crippen molar-refractivity contribution < 1.29 is 24.0 Å². The summed E-state index contributed by atoms with van der Waals surface area (Å²) in [6.07, 6.45) is 1.54. The molecule has 2 aromatic carbocycles. The molecule has 37 heavy (non-hydrogen) atoms. The minimum atomic E-state index is -0.589. The van der Waals surface area contributed by atoms with E-state index in [1.54, 1.807) is 67.6 Å². The average Bonchev–Trinajstić information content (AvgIpc) is 2.91. The van der Waals surface area contributed by atoms with E-state index in [4.69, 9.17) is 14.8 Å². The van der Waals surface area contributed by atoms with Crippen molar-refractivity contribution in [3.8, 4) is 6.07 Å². The molecule has 3 rings (SSSR count). The van der Waals surface area contributed by atoms with Crippen molar-refractivity contribution in [3.63, 3.8) is 0 Å². The van der Waals surface area contributed by atoms with Crippen LogP contribution in [0.4, 0.5) is 16.3 Å². The number of para-hydroxylation sites is 1. The minimum Gasteiger partial charge on any atom is -0.465 e. The molecule has 0 bridgehead atoms. The minimum absolute atomic E-state index is 0.146. The topological polar surface area (TPSA) is 154 Å². The van der Waals surface area contributed by atoms with Crippen LogP contribution < -0.4 is 21.4 Å².